The number of halogens is 1. The third-order valence-electron chi connectivity index (χ3n) is 5.47. The zero-order chi connectivity index (χ0) is 23.0. The van der Waals surface area contributed by atoms with E-state index in [1.807, 2.05) is 24.3 Å². The van der Waals surface area contributed by atoms with Crippen LogP contribution < -0.4 is 10.5 Å². The first-order chi connectivity index (χ1) is 16.1. The predicted octanol–water partition coefficient (Wildman–Crippen LogP) is 5.26. The van der Waals surface area contributed by atoms with Crippen molar-refractivity contribution in [2.45, 2.75) is 31.7 Å². The average Bonchev–Trinajstić information content (AvgIpc) is 3.51. The molecular formula is C26H28FN3O3. The van der Waals surface area contributed by atoms with Crippen molar-refractivity contribution in [1.82, 2.24) is 9.97 Å². The van der Waals surface area contributed by atoms with Crippen LogP contribution in [0.25, 0.3) is 22.6 Å². The van der Waals surface area contributed by atoms with E-state index in [2.05, 4.69) is 34.2 Å². The second kappa shape index (κ2) is 10.9. The molecule has 4 aromatic rings. The molecule has 4 N–H and O–H groups in total. The van der Waals surface area contributed by atoms with Gasteiger partial charge in [-0.1, -0.05) is 30.3 Å². The SMILES string of the molecule is NC(CO)c1nc(-c2ccc(OCCCCCc3ccccc3)c(-c3ccc(F)o3)c2)c[nH]1. The van der Waals surface area contributed by atoms with Gasteiger partial charge in [0.1, 0.15) is 17.3 Å². The fourth-order valence-electron chi connectivity index (χ4n) is 3.66. The van der Waals surface area contributed by atoms with Crippen LogP contribution in [0.15, 0.2) is 71.3 Å². The lowest BCUT2D eigenvalue weighted by Gasteiger charge is -2.12. The lowest BCUT2D eigenvalue weighted by Crippen LogP contribution is -2.15. The number of aliphatic hydroxyl groups is 1. The van der Waals surface area contributed by atoms with Crippen LogP contribution in [-0.2, 0) is 6.42 Å². The molecule has 7 heteroatoms. The monoisotopic (exact) mass is 449 g/mol. The van der Waals surface area contributed by atoms with Gasteiger partial charge in [0.2, 0.25) is 0 Å². The molecule has 0 amide bonds. The average molecular weight is 450 g/mol. The lowest BCUT2D eigenvalue weighted by molar-refractivity contribution is 0.264. The van der Waals surface area contributed by atoms with Crippen LogP contribution in [0.5, 0.6) is 5.75 Å². The highest BCUT2D eigenvalue weighted by molar-refractivity contribution is 5.74. The van der Waals surface area contributed by atoms with Gasteiger partial charge in [0, 0.05) is 17.8 Å². The van der Waals surface area contributed by atoms with Crippen molar-refractivity contribution in [1.29, 1.82) is 0 Å². The maximum atomic E-state index is 13.6. The van der Waals surface area contributed by atoms with Crippen molar-refractivity contribution in [2.75, 3.05) is 13.2 Å². The smallest absolute Gasteiger partial charge is 0.278 e. The number of aliphatic hydroxyl groups excluding tert-OH is 1. The quantitative estimate of drug-likeness (QED) is 0.271. The molecule has 0 fully saturated rings. The van der Waals surface area contributed by atoms with E-state index in [1.165, 1.54) is 11.6 Å². The van der Waals surface area contributed by atoms with E-state index in [0.29, 0.717) is 35.2 Å². The third-order valence-corrected chi connectivity index (χ3v) is 5.47. The lowest BCUT2D eigenvalue weighted by atomic mass is 10.1. The van der Waals surface area contributed by atoms with Crippen molar-refractivity contribution in [3.63, 3.8) is 0 Å². The molecular weight excluding hydrogens is 421 g/mol. The molecule has 0 saturated heterocycles. The molecule has 33 heavy (non-hydrogen) atoms. The number of ether oxygens (including phenoxy) is 1. The highest BCUT2D eigenvalue weighted by Gasteiger charge is 2.15. The number of hydrogen-bond acceptors (Lipinski definition) is 5. The predicted molar refractivity (Wildman–Crippen MR) is 125 cm³/mol. The molecule has 6 nitrogen and oxygen atoms in total. The molecule has 2 aromatic carbocycles. The Morgan fingerprint density at radius 2 is 1.91 bits per heavy atom. The number of nitrogens with zero attached hydrogens (tertiary/aromatic N) is 1. The number of H-pyrrole nitrogens is 1. The van der Waals surface area contributed by atoms with Crippen LogP contribution in [0.2, 0.25) is 0 Å². The Morgan fingerprint density at radius 1 is 1.06 bits per heavy atom. The second-order valence-corrected chi connectivity index (χ2v) is 7.92. The van der Waals surface area contributed by atoms with Crippen molar-refractivity contribution in [3.05, 3.63) is 84.3 Å². The summed E-state index contributed by atoms with van der Waals surface area (Å²) in [4.78, 5) is 7.44. The van der Waals surface area contributed by atoms with E-state index >= 15 is 0 Å². The number of unbranched alkanes of at least 4 members (excludes halogenated alkanes) is 2. The van der Waals surface area contributed by atoms with E-state index in [1.54, 1.807) is 12.3 Å². The number of hydrogen-bond donors (Lipinski definition) is 3. The van der Waals surface area contributed by atoms with Crippen molar-refractivity contribution in [3.8, 4) is 28.3 Å². The Labute approximate surface area is 192 Å². The topological polar surface area (TPSA) is 97.3 Å². The summed E-state index contributed by atoms with van der Waals surface area (Å²) in [5.74, 6) is 1.50. The van der Waals surface area contributed by atoms with E-state index in [4.69, 9.17) is 14.9 Å². The normalized spacial score (nSPS) is 12.1. The molecule has 0 aliphatic heterocycles. The zero-order valence-electron chi connectivity index (χ0n) is 18.3. The molecule has 2 heterocycles. The number of benzene rings is 2. The second-order valence-electron chi connectivity index (χ2n) is 7.92. The fraction of sp³-hybridized carbons (Fsp3) is 0.269. The number of imidazole rings is 1. The minimum Gasteiger partial charge on any atom is -0.493 e. The highest BCUT2D eigenvalue weighted by atomic mass is 19.1. The summed E-state index contributed by atoms with van der Waals surface area (Å²) in [5.41, 5.74) is 9.29. The summed E-state index contributed by atoms with van der Waals surface area (Å²) in [6, 6.07) is 17.7. The Kier molecular flexibility index (Phi) is 7.55. The summed E-state index contributed by atoms with van der Waals surface area (Å²) in [5, 5.41) is 9.24. The third kappa shape index (κ3) is 5.88. The minimum atomic E-state index is -0.654. The number of rotatable bonds is 11. The van der Waals surface area contributed by atoms with Gasteiger partial charge in [0.15, 0.2) is 0 Å². The molecule has 1 unspecified atom stereocenters. The molecule has 0 saturated carbocycles. The zero-order valence-corrected chi connectivity index (χ0v) is 18.3. The maximum absolute atomic E-state index is 13.6. The molecule has 0 aliphatic carbocycles. The molecule has 0 radical (unpaired) electrons. The van der Waals surface area contributed by atoms with Crippen LogP contribution in [0.1, 0.15) is 36.7 Å². The first-order valence-corrected chi connectivity index (χ1v) is 11.1. The van der Waals surface area contributed by atoms with E-state index in [-0.39, 0.29) is 6.61 Å². The molecule has 172 valence electrons. The van der Waals surface area contributed by atoms with Crippen LogP contribution in [0.4, 0.5) is 4.39 Å². The maximum Gasteiger partial charge on any atom is 0.278 e. The first kappa shape index (κ1) is 22.8. The standard InChI is InChI=1S/C26H28FN3O3/c27-25-13-12-24(33-25)20-15-19(22-16-29-26(30-22)21(28)17-31)10-11-23(20)32-14-6-2-5-9-18-7-3-1-4-8-18/h1,3-4,7-8,10-13,15-16,21,31H,2,5-6,9,14,17,28H2,(H,29,30). The Bertz CT molecular complexity index is 1160. The van der Waals surface area contributed by atoms with E-state index in [9.17, 15) is 9.50 Å². The summed E-state index contributed by atoms with van der Waals surface area (Å²) < 4.78 is 24.8. The molecule has 2 aromatic heterocycles. The van der Waals surface area contributed by atoms with Gasteiger partial charge in [0.05, 0.1) is 30.5 Å². The van der Waals surface area contributed by atoms with Crippen LogP contribution >= 0.6 is 0 Å². The minimum absolute atomic E-state index is 0.206. The molecule has 1 atom stereocenters. The van der Waals surface area contributed by atoms with Crippen molar-refractivity contribution < 1.29 is 18.7 Å². The number of furan rings is 1. The molecule has 0 aliphatic rings. The van der Waals surface area contributed by atoms with E-state index < -0.39 is 12.1 Å². The van der Waals surface area contributed by atoms with Crippen LogP contribution in [0.3, 0.4) is 0 Å². The van der Waals surface area contributed by atoms with Gasteiger partial charge in [-0.05, 0) is 55.5 Å². The summed E-state index contributed by atoms with van der Waals surface area (Å²) >= 11 is 0. The summed E-state index contributed by atoms with van der Waals surface area (Å²) in [6.45, 7) is 0.351. The van der Waals surface area contributed by atoms with Crippen LogP contribution in [0, 0.1) is 6.01 Å². The van der Waals surface area contributed by atoms with Gasteiger partial charge in [-0.25, -0.2) is 4.98 Å². The Morgan fingerprint density at radius 3 is 2.67 bits per heavy atom. The van der Waals surface area contributed by atoms with Gasteiger partial charge in [0.25, 0.3) is 6.01 Å². The number of nitrogens with two attached hydrogens (primary N) is 1. The Balaban J connectivity index is 1.43. The number of nitrogens with one attached hydrogen (secondary N) is 1. The Hall–Kier alpha value is -3.42. The largest absolute Gasteiger partial charge is 0.493 e. The first-order valence-electron chi connectivity index (χ1n) is 11.1. The van der Waals surface area contributed by atoms with Gasteiger partial charge >= 0.3 is 0 Å². The molecule has 0 spiro atoms. The highest BCUT2D eigenvalue weighted by Crippen LogP contribution is 2.35. The number of aromatic nitrogens is 2. The van der Waals surface area contributed by atoms with Gasteiger partial charge in [-0.3, -0.25) is 0 Å². The molecule has 0 bridgehead atoms. The van der Waals surface area contributed by atoms with Crippen molar-refractivity contribution >= 4 is 0 Å². The van der Waals surface area contributed by atoms with E-state index in [0.717, 1.165) is 31.2 Å². The van der Waals surface area contributed by atoms with Gasteiger partial charge < -0.3 is 25.0 Å². The fourth-order valence-corrected chi connectivity index (χ4v) is 3.66. The number of aromatic amines is 1. The van der Waals surface area contributed by atoms with Gasteiger partial charge in [-0.15, -0.1) is 0 Å². The van der Waals surface area contributed by atoms with Crippen LogP contribution in [-0.4, -0.2) is 28.3 Å². The van der Waals surface area contributed by atoms with Gasteiger partial charge in [-0.2, -0.15) is 4.39 Å². The molecule has 4 rings (SSSR count). The summed E-state index contributed by atoms with van der Waals surface area (Å²) in [7, 11) is 0. The van der Waals surface area contributed by atoms with Crippen molar-refractivity contribution in [2.24, 2.45) is 5.73 Å². The summed E-state index contributed by atoms with van der Waals surface area (Å²) in [6.07, 6.45) is 5.85. The number of aryl methyl sites for hydroxylation is 1.